The highest BCUT2D eigenvalue weighted by atomic mass is 15.3. The molecular weight excluding hydrogens is 148 g/mol. The van der Waals surface area contributed by atoms with Gasteiger partial charge < -0.3 is 4.90 Å². The monoisotopic (exact) mass is 166 g/mol. The predicted octanol–water partition coefficient (Wildman–Crippen LogP) is 0.646. The summed E-state index contributed by atoms with van der Waals surface area (Å²) in [5.74, 6) is 2.77. The van der Waals surface area contributed by atoms with Crippen molar-refractivity contribution in [3.05, 3.63) is 0 Å². The van der Waals surface area contributed by atoms with Crippen LogP contribution < -0.4 is 0 Å². The predicted molar refractivity (Wildman–Crippen MR) is 52.0 cm³/mol. The van der Waals surface area contributed by atoms with Gasteiger partial charge in [-0.2, -0.15) is 0 Å². The number of hydrogen-bond acceptors (Lipinski definition) is 2. The van der Waals surface area contributed by atoms with Crippen LogP contribution in [0.2, 0.25) is 0 Å². The molecule has 68 valence electrons. The maximum absolute atomic E-state index is 5.36. The van der Waals surface area contributed by atoms with Gasteiger partial charge in [0.1, 0.15) is 0 Å². The summed E-state index contributed by atoms with van der Waals surface area (Å²) in [6.07, 6.45) is 5.36. The van der Waals surface area contributed by atoms with Crippen LogP contribution in [0.25, 0.3) is 0 Å². The Morgan fingerprint density at radius 3 is 2.33 bits per heavy atom. The van der Waals surface area contributed by atoms with Crippen molar-refractivity contribution in [1.29, 1.82) is 0 Å². The largest absolute Gasteiger partial charge is 0.301 e. The third kappa shape index (κ3) is 2.23. The fourth-order valence-corrected chi connectivity index (χ4v) is 1.57. The molecule has 2 nitrogen and oxygen atoms in total. The smallest absolute Gasteiger partial charge is 0.0684 e. The Kier molecular flexibility index (Phi) is 3.58. The highest BCUT2D eigenvalue weighted by molar-refractivity contribution is 4.98. The van der Waals surface area contributed by atoms with E-state index in [1.807, 2.05) is 0 Å². The van der Waals surface area contributed by atoms with Gasteiger partial charge in [-0.15, -0.1) is 6.42 Å². The average Bonchev–Trinajstić information content (AvgIpc) is 2.17. The molecule has 0 spiro atoms. The topological polar surface area (TPSA) is 6.48 Å². The van der Waals surface area contributed by atoms with Gasteiger partial charge in [-0.05, 0) is 13.5 Å². The summed E-state index contributed by atoms with van der Waals surface area (Å²) in [6.45, 7) is 10.1. The van der Waals surface area contributed by atoms with E-state index in [4.69, 9.17) is 6.42 Å². The second-order valence-electron chi connectivity index (χ2n) is 3.31. The van der Waals surface area contributed by atoms with E-state index in [-0.39, 0.29) is 0 Å². The van der Waals surface area contributed by atoms with E-state index in [9.17, 15) is 0 Å². The average molecular weight is 166 g/mol. The van der Waals surface area contributed by atoms with Crippen LogP contribution >= 0.6 is 0 Å². The van der Waals surface area contributed by atoms with Gasteiger partial charge in [0.05, 0.1) is 6.04 Å². The molecule has 0 N–H and O–H groups in total. The first-order chi connectivity index (χ1) is 5.77. The van der Waals surface area contributed by atoms with Gasteiger partial charge >= 0.3 is 0 Å². The molecular formula is C10H18N2. The Morgan fingerprint density at radius 1 is 1.33 bits per heavy atom. The second-order valence-corrected chi connectivity index (χ2v) is 3.31. The van der Waals surface area contributed by atoms with Crippen molar-refractivity contribution in [2.24, 2.45) is 0 Å². The van der Waals surface area contributed by atoms with Gasteiger partial charge in [0.25, 0.3) is 0 Å². The Balaban J connectivity index is 2.31. The molecule has 0 radical (unpaired) electrons. The van der Waals surface area contributed by atoms with Crippen molar-refractivity contribution in [3.8, 4) is 12.3 Å². The zero-order chi connectivity index (χ0) is 8.97. The van der Waals surface area contributed by atoms with Gasteiger partial charge in [0.2, 0.25) is 0 Å². The summed E-state index contributed by atoms with van der Waals surface area (Å²) in [5.41, 5.74) is 0. The lowest BCUT2D eigenvalue weighted by molar-refractivity contribution is 0.124. The molecule has 0 aliphatic carbocycles. The standard InChI is InChI=1S/C10H18N2/c1-4-10(3)12-8-6-11(5-2)7-9-12/h1,10H,5-9H2,2-3H3. The minimum Gasteiger partial charge on any atom is -0.301 e. The zero-order valence-electron chi connectivity index (χ0n) is 8.08. The van der Waals surface area contributed by atoms with Gasteiger partial charge in [0.15, 0.2) is 0 Å². The normalized spacial score (nSPS) is 23.4. The number of nitrogens with zero attached hydrogens (tertiary/aromatic N) is 2. The van der Waals surface area contributed by atoms with Crippen molar-refractivity contribution >= 4 is 0 Å². The van der Waals surface area contributed by atoms with Crippen LogP contribution in [0.3, 0.4) is 0 Å². The molecule has 1 heterocycles. The van der Waals surface area contributed by atoms with E-state index >= 15 is 0 Å². The van der Waals surface area contributed by atoms with Gasteiger partial charge in [-0.3, -0.25) is 4.90 Å². The van der Waals surface area contributed by atoms with E-state index in [1.165, 1.54) is 13.1 Å². The van der Waals surface area contributed by atoms with Crippen LogP contribution in [0.5, 0.6) is 0 Å². The quantitative estimate of drug-likeness (QED) is 0.556. The Labute approximate surface area is 75.5 Å². The molecule has 1 rings (SSSR count). The molecule has 0 aromatic rings. The fraction of sp³-hybridized carbons (Fsp3) is 0.800. The summed E-state index contributed by atoms with van der Waals surface area (Å²) in [4.78, 5) is 4.83. The SMILES string of the molecule is C#CC(C)N1CCN(CC)CC1. The van der Waals surface area contributed by atoms with E-state index in [0.29, 0.717) is 6.04 Å². The molecule has 1 unspecified atom stereocenters. The van der Waals surface area contributed by atoms with Crippen LogP contribution in [-0.2, 0) is 0 Å². The van der Waals surface area contributed by atoms with Crippen molar-refractivity contribution in [1.82, 2.24) is 9.80 Å². The van der Waals surface area contributed by atoms with Gasteiger partial charge in [0, 0.05) is 26.2 Å². The van der Waals surface area contributed by atoms with Crippen molar-refractivity contribution in [2.75, 3.05) is 32.7 Å². The molecule has 12 heavy (non-hydrogen) atoms. The second kappa shape index (κ2) is 4.49. The van der Waals surface area contributed by atoms with E-state index in [1.54, 1.807) is 0 Å². The molecule has 0 aromatic heterocycles. The Bertz CT molecular complexity index is 163. The number of piperazine rings is 1. The molecule has 1 atom stereocenters. The third-order valence-corrected chi connectivity index (χ3v) is 2.64. The number of terminal acetylenes is 1. The Hall–Kier alpha value is -0.520. The van der Waals surface area contributed by atoms with E-state index in [0.717, 1.165) is 19.6 Å². The number of likely N-dealkylation sites (N-methyl/N-ethyl adjacent to an activating group) is 1. The van der Waals surface area contributed by atoms with E-state index < -0.39 is 0 Å². The highest BCUT2D eigenvalue weighted by Crippen LogP contribution is 2.04. The molecule has 0 bridgehead atoms. The first-order valence-electron chi connectivity index (χ1n) is 4.70. The highest BCUT2D eigenvalue weighted by Gasteiger charge is 2.18. The maximum atomic E-state index is 5.36. The number of rotatable bonds is 2. The van der Waals surface area contributed by atoms with Crippen LogP contribution in [0.1, 0.15) is 13.8 Å². The van der Waals surface area contributed by atoms with Crippen molar-refractivity contribution in [2.45, 2.75) is 19.9 Å². The van der Waals surface area contributed by atoms with Crippen molar-refractivity contribution in [3.63, 3.8) is 0 Å². The fourth-order valence-electron chi connectivity index (χ4n) is 1.57. The molecule has 0 aromatic carbocycles. The lowest BCUT2D eigenvalue weighted by Crippen LogP contribution is -2.48. The Morgan fingerprint density at radius 2 is 1.92 bits per heavy atom. The lowest BCUT2D eigenvalue weighted by atomic mass is 10.2. The molecule has 1 aliphatic heterocycles. The van der Waals surface area contributed by atoms with Crippen LogP contribution in [0.15, 0.2) is 0 Å². The number of hydrogen-bond donors (Lipinski definition) is 0. The van der Waals surface area contributed by atoms with Gasteiger partial charge in [-0.1, -0.05) is 12.8 Å². The van der Waals surface area contributed by atoms with Crippen LogP contribution in [0, 0.1) is 12.3 Å². The molecule has 0 saturated carbocycles. The molecule has 2 heteroatoms. The van der Waals surface area contributed by atoms with Crippen LogP contribution in [0.4, 0.5) is 0 Å². The first-order valence-corrected chi connectivity index (χ1v) is 4.70. The summed E-state index contributed by atoms with van der Waals surface area (Å²) in [6, 6.07) is 0.309. The summed E-state index contributed by atoms with van der Waals surface area (Å²) in [5, 5.41) is 0. The van der Waals surface area contributed by atoms with Crippen molar-refractivity contribution < 1.29 is 0 Å². The van der Waals surface area contributed by atoms with E-state index in [2.05, 4.69) is 29.6 Å². The van der Waals surface area contributed by atoms with Gasteiger partial charge in [-0.25, -0.2) is 0 Å². The molecule has 1 saturated heterocycles. The first kappa shape index (κ1) is 9.57. The summed E-state index contributed by atoms with van der Waals surface area (Å²) in [7, 11) is 0. The maximum Gasteiger partial charge on any atom is 0.0684 e. The molecule has 0 amide bonds. The zero-order valence-corrected chi connectivity index (χ0v) is 8.08. The molecule has 1 fully saturated rings. The summed E-state index contributed by atoms with van der Waals surface area (Å²) < 4.78 is 0. The lowest BCUT2D eigenvalue weighted by Gasteiger charge is -2.35. The molecule has 1 aliphatic rings. The minimum absolute atomic E-state index is 0.309. The third-order valence-electron chi connectivity index (χ3n) is 2.64. The summed E-state index contributed by atoms with van der Waals surface area (Å²) >= 11 is 0. The minimum atomic E-state index is 0.309. The van der Waals surface area contributed by atoms with Crippen LogP contribution in [-0.4, -0.2) is 48.6 Å².